The summed E-state index contributed by atoms with van der Waals surface area (Å²) < 4.78 is 5.18. The maximum atomic E-state index is 11.8. The number of carbonyl (C=O) groups is 1. The highest BCUT2D eigenvalue weighted by atomic mass is 16.5. The fourth-order valence-electron chi connectivity index (χ4n) is 2.03. The van der Waals surface area contributed by atoms with Crippen LogP contribution in [0.4, 0.5) is 5.82 Å². The molecule has 0 saturated heterocycles. The molecule has 0 unspecified atom stereocenters. The topological polar surface area (TPSA) is 77.0 Å². The predicted octanol–water partition coefficient (Wildman–Crippen LogP) is 2.29. The first-order valence-electron chi connectivity index (χ1n) is 6.85. The minimum Gasteiger partial charge on any atom is -0.460 e. The zero-order valence-corrected chi connectivity index (χ0v) is 11.8. The van der Waals surface area contributed by atoms with Crippen LogP contribution < -0.4 is 5.32 Å². The molecule has 6 heteroatoms. The summed E-state index contributed by atoms with van der Waals surface area (Å²) in [6.07, 6.45) is 4.60. The van der Waals surface area contributed by atoms with Crippen LogP contribution in [0, 0.1) is 0 Å². The van der Waals surface area contributed by atoms with Gasteiger partial charge in [-0.05, 0) is 24.3 Å². The molecule has 0 spiro atoms. The summed E-state index contributed by atoms with van der Waals surface area (Å²) in [5.74, 6) is 0.338. The van der Waals surface area contributed by atoms with Crippen LogP contribution in [0.15, 0.2) is 55.1 Å². The van der Waals surface area contributed by atoms with E-state index in [4.69, 9.17) is 4.74 Å². The molecule has 0 bridgehead atoms. The fraction of sp³-hybridized carbons (Fsp3) is 0.125. The SMILES string of the molecule is O=C(OCCNc1ncnc2ccccc12)c1cccnc1. The molecule has 1 N–H and O–H groups in total. The van der Waals surface area contributed by atoms with E-state index in [0.717, 1.165) is 16.7 Å². The number of benzene rings is 1. The van der Waals surface area contributed by atoms with Gasteiger partial charge in [0, 0.05) is 17.8 Å². The van der Waals surface area contributed by atoms with Crippen LogP contribution in [0.1, 0.15) is 10.4 Å². The van der Waals surface area contributed by atoms with E-state index in [1.54, 1.807) is 18.3 Å². The number of hydrogen-bond acceptors (Lipinski definition) is 6. The smallest absolute Gasteiger partial charge is 0.339 e. The van der Waals surface area contributed by atoms with E-state index in [1.807, 2.05) is 24.3 Å². The van der Waals surface area contributed by atoms with Crippen LogP contribution >= 0.6 is 0 Å². The van der Waals surface area contributed by atoms with Gasteiger partial charge in [-0.2, -0.15) is 0 Å². The number of fused-ring (bicyclic) bond motifs is 1. The van der Waals surface area contributed by atoms with Crippen molar-refractivity contribution in [3.8, 4) is 0 Å². The minimum absolute atomic E-state index is 0.242. The maximum absolute atomic E-state index is 11.8. The second-order valence-electron chi connectivity index (χ2n) is 4.54. The number of nitrogens with one attached hydrogen (secondary N) is 1. The van der Waals surface area contributed by atoms with E-state index >= 15 is 0 Å². The molecule has 6 nitrogen and oxygen atoms in total. The molecule has 1 aromatic carbocycles. The average molecular weight is 294 g/mol. The minimum atomic E-state index is -0.387. The molecule has 0 radical (unpaired) electrons. The summed E-state index contributed by atoms with van der Waals surface area (Å²) in [4.78, 5) is 24.0. The second kappa shape index (κ2) is 6.62. The van der Waals surface area contributed by atoms with Gasteiger partial charge < -0.3 is 10.1 Å². The van der Waals surface area contributed by atoms with E-state index in [2.05, 4.69) is 20.3 Å². The van der Waals surface area contributed by atoms with Crippen LogP contribution in [-0.4, -0.2) is 34.1 Å². The summed E-state index contributed by atoms with van der Waals surface area (Å²) in [7, 11) is 0. The Labute approximate surface area is 127 Å². The van der Waals surface area contributed by atoms with Crippen molar-refractivity contribution >= 4 is 22.7 Å². The molecule has 0 aliphatic rings. The first-order valence-corrected chi connectivity index (χ1v) is 6.85. The molecular formula is C16H14N4O2. The lowest BCUT2D eigenvalue weighted by atomic mass is 10.2. The van der Waals surface area contributed by atoms with Crippen LogP contribution in [0.2, 0.25) is 0 Å². The molecule has 2 heterocycles. The Bertz CT molecular complexity index is 772. The molecule has 110 valence electrons. The number of para-hydroxylation sites is 1. The third-order valence-electron chi connectivity index (χ3n) is 3.07. The number of nitrogens with zero attached hydrogens (tertiary/aromatic N) is 3. The lowest BCUT2D eigenvalue weighted by molar-refractivity contribution is 0.0520. The summed E-state index contributed by atoms with van der Waals surface area (Å²) in [5, 5.41) is 4.08. The molecular weight excluding hydrogens is 280 g/mol. The van der Waals surface area contributed by atoms with E-state index in [-0.39, 0.29) is 12.6 Å². The molecule has 2 aromatic heterocycles. The van der Waals surface area contributed by atoms with Crippen molar-refractivity contribution in [3.05, 3.63) is 60.7 Å². The molecule has 0 saturated carbocycles. The Morgan fingerprint density at radius 2 is 2.05 bits per heavy atom. The van der Waals surface area contributed by atoms with E-state index in [0.29, 0.717) is 12.1 Å². The number of rotatable bonds is 5. The first kappa shape index (κ1) is 13.9. The van der Waals surface area contributed by atoms with Gasteiger partial charge in [-0.15, -0.1) is 0 Å². The number of esters is 1. The number of aromatic nitrogens is 3. The number of hydrogen-bond donors (Lipinski definition) is 1. The van der Waals surface area contributed by atoms with Crippen molar-refractivity contribution in [1.29, 1.82) is 0 Å². The Balaban J connectivity index is 1.56. The lowest BCUT2D eigenvalue weighted by Gasteiger charge is -2.08. The normalized spacial score (nSPS) is 10.4. The molecule has 0 aliphatic carbocycles. The highest BCUT2D eigenvalue weighted by molar-refractivity contribution is 5.89. The van der Waals surface area contributed by atoms with Gasteiger partial charge >= 0.3 is 5.97 Å². The third kappa shape index (κ3) is 3.17. The highest BCUT2D eigenvalue weighted by Gasteiger charge is 2.06. The van der Waals surface area contributed by atoms with Crippen molar-refractivity contribution < 1.29 is 9.53 Å². The summed E-state index contributed by atoms with van der Waals surface area (Å²) >= 11 is 0. The maximum Gasteiger partial charge on any atom is 0.339 e. The van der Waals surface area contributed by atoms with Crippen LogP contribution in [0.3, 0.4) is 0 Å². The van der Waals surface area contributed by atoms with Crippen molar-refractivity contribution in [2.45, 2.75) is 0 Å². The molecule has 0 fully saturated rings. The molecule has 0 amide bonds. The largest absolute Gasteiger partial charge is 0.460 e. The summed E-state index contributed by atoms with van der Waals surface area (Å²) in [6.45, 7) is 0.707. The second-order valence-corrected chi connectivity index (χ2v) is 4.54. The lowest BCUT2D eigenvalue weighted by Crippen LogP contribution is -2.14. The Morgan fingerprint density at radius 1 is 1.14 bits per heavy atom. The van der Waals surface area contributed by atoms with Gasteiger partial charge in [-0.1, -0.05) is 12.1 Å². The van der Waals surface area contributed by atoms with E-state index in [9.17, 15) is 4.79 Å². The predicted molar refractivity (Wildman–Crippen MR) is 82.5 cm³/mol. The van der Waals surface area contributed by atoms with Crippen LogP contribution in [0.5, 0.6) is 0 Å². The van der Waals surface area contributed by atoms with Gasteiger partial charge in [-0.25, -0.2) is 14.8 Å². The standard InChI is InChI=1S/C16H14N4O2/c21-16(12-4-3-7-17-10-12)22-9-8-18-15-13-5-1-2-6-14(13)19-11-20-15/h1-7,10-11H,8-9H2,(H,18,19,20). The number of anilines is 1. The van der Waals surface area contributed by atoms with Crippen molar-refractivity contribution in [1.82, 2.24) is 15.0 Å². The van der Waals surface area contributed by atoms with Crippen molar-refractivity contribution in [2.24, 2.45) is 0 Å². The van der Waals surface area contributed by atoms with Gasteiger partial charge in [0.25, 0.3) is 0 Å². The fourth-order valence-corrected chi connectivity index (χ4v) is 2.03. The van der Waals surface area contributed by atoms with Crippen molar-refractivity contribution in [2.75, 3.05) is 18.5 Å². The van der Waals surface area contributed by atoms with Gasteiger partial charge in [0.05, 0.1) is 17.6 Å². The third-order valence-corrected chi connectivity index (χ3v) is 3.07. The van der Waals surface area contributed by atoms with Crippen LogP contribution in [0.25, 0.3) is 10.9 Å². The quantitative estimate of drug-likeness (QED) is 0.574. The van der Waals surface area contributed by atoms with E-state index in [1.165, 1.54) is 12.5 Å². The Kier molecular flexibility index (Phi) is 4.20. The number of pyridine rings is 1. The molecule has 0 aliphatic heterocycles. The average Bonchev–Trinajstić information content (AvgIpc) is 2.59. The van der Waals surface area contributed by atoms with Gasteiger partial charge in [0.2, 0.25) is 0 Å². The monoisotopic (exact) mass is 294 g/mol. The molecule has 3 aromatic rings. The zero-order chi connectivity index (χ0) is 15.2. The van der Waals surface area contributed by atoms with Gasteiger partial charge in [-0.3, -0.25) is 4.98 Å². The zero-order valence-electron chi connectivity index (χ0n) is 11.8. The number of ether oxygens (including phenoxy) is 1. The van der Waals surface area contributed by atoms with E-state index < -0.39 is 0 Å². The van der Waals surface area contributed by atoms with Gasteiger partial charge in [0.1, 0.15) is 18.8 Å². The Morgan fingerprint density at radius 3 is 2.91 bits per heavy atom. The molecule has 3 rings (SSSR count). The van der Waals surface area contributed by atoms with Crippen molar-refractivity contribution in [3.63, 3.8) is 0 Å². The van der Waals surface area contributed by atoms with Crippen LogP contribution in [-0.2, 0) is 4.74 Å². The number of carbonyl (C=O) groups excluding carboxylic acids is 1. The summed E-state index contributed by atoms with van der Waals surface area (Å²) in [6, 6.07) is 11.1. The highest BCUT2D eigenvalue weighted by Crippen LogP contribution is 2.17. The Hall–Kier alpha value is -3.02. The summed E-state index contributed by atoms with van der Waals surface area (Å²) in [5.41, 5.74) is 1.31. The first-order chi connectivity index (χ1) is 10.8. The molecule has 22 heavy (non-hydrogen) atoms. The molecule has 0 atom stereocenters. The van der Waals surface area contributed by atoms with Gasteiger partial charge in [0.15, 0.2) is 0 Å².